The van der Waals surface area contributed by atoms with E-state index in [0.29, 0.717) is 0 Å². The van der Waals surface area contributed by atoms with Crippen molar-refractivity contribution in [1.29, 1.82) is 0 Å². The number of hydrogen-bond acceptors (Lipinski definition) is 1. The fourth-order valence-corrected chi connectivity index (χ4v) is 10.2. The molecule has 0 radical (unpaired) electrons. The number of fused-ring (bicyclic) bond motifs is 6. The molecule has 0 aliphatic heterocycles. The van der Waals surface area contributed by atoms with Crippen molar-refractivity contribution in [2.45, 2.75) is 38.5 Å². The van der Waals surface area contributed by atoms with Crippen LogP contribution in [0.2, 0.25) is 0 Å². The van der Waals surface area contributed by atoms with E-state index in [4.69, 9.17) is 0 Å². The molecule has 1 heteroatoms. The zero-order chi connectivity index (χ0) is 41.3. The molecule has 9 aromatic carbocycles. The highest BCUT2D eigenvalue weighted by Gasteiger charge is 2.38. The molecule has 0 saturated heterocycles. The normalized spacial score (nSPS) is 13.8. The molecular formula is C60H47N. The first kappa shape index (κ1) is 36.8. The molecule has 2 aliphatic carbocycles. The van der Waals surface area contributed by atoms with Crippen molar-refractivity contribution in [3.05, 3.63) is 235 Å². The minimum absolute atomic E-state index is 0.0613. The van der Waals surface area contributed by atoms with Gasteiger partial charge in [0.1, 0.15) is 0 Å². The lowest BCUT2D eigenvalue weighted by Crippen LogP contribution is -2.16. The lowest BCUT2D eigenvalue weighted by Gasteiger charge is -2.28. The van der Waals surface area contributed by atoms with Gasteiger partial charge in [0.25, 0.3) is 0 Å². The summed E-state index contributed by atoms with van der Waals surface area (Å²) < 4.78 is 0. The van der Waals surface area contributed by atoms with Crippen LogP contribution >= 0.6 is 0 Å². The minimum Gasteiger partial charge on any atom is -0.310 e. The average molecular weight is 782 g/mol. The average Bonchev–Trinajstić information content (AvgIpc) is 3.69. The predicted octanol–water partition coefficient (Wildman–Crippen LogP) is 16.4. The largest absolute Gasteiger partial charge is 0.310 e. The third-order valence-electron chi connectivity index (χ3n) is 13.5. The zero-order valence-electron chi connectivity index (χ0n) is 35.2. The lowest BCUT2D eigenvalue weighted by molar-refractivity contribution is 0.660. The maximum atomic E-state index is 2.42. The van der Waals surface area contributed by atoms with Crippen LogP contribution in [0.5, 0.6) is 0 Å². The Morgan fingerprint density at radius 3 is 1.33 bits per heavy atom. The number of hydrogen-bond donors (Lipinski definition) is 0. The Morgan fingerprint density at radius 1 is 0.262 bits per heavy atom. The molecule has 0 saturated carbocycles. The Labute approximate surface area is 360 Å². The monoisotopic (exact) mass is 781 g/mol. The van der Waals surface area contributed by atoms with E-state index in [2.05, 4.69) is 245 Å². The van der Waals surface area contributed by atoms with E-state index in [1.807, 2.05) is 0 Å². The molecule has 9 aromatic rings. The SMILES string of the molecule is CC1(C)c2ccccc2-c2ccc(N(c3ccc(-c4ccccc4)cc3)c3ccc(-c4ccc(-c5ccc6c(c5)-c5c(-c7ccccc7)cccc5C6(C)C)cc4)cc3)cc21. The summed E-state index contributed by atoms with van der Waals surface area (Å²) in [6, 6.07) is 78.3. The molecule has 0 amide bonds. The summed E-state index contributed by atoms with van der Waals surface area (Å²) in [6.45, 7) is 9.43. The van der Waals surface area contributed by atoms with Crippen LogP contribution in [-0.2, 0) is 10.8 Å². The molecule has 0 atom stereocenters. The van der Waals surface area contributed by atoms with Crippen molar-refractivity contribution in [3.63, 3.8) is 0 Å². The smallest absolute Gasteiger partial charge is 0.0465 e. The van der Waals surface area contributed by atoms with Crippen molar-refractivity contribution in [3.8, 4) is 66.8 Å². The quantitative estimate of drug-likeness (QED) is 0.156. The number of benzene rings is 9. The van der Waals surface area contributed by atoms with Gasteiger partial charge in [-0.1, -0.05) is 198 Å². The summed E-state index contributed by atoms with van der Waals surface area (Å²) in [6.07, 6.45) is 0. The maximum Gasteiger partial charge on any atom is 0.0465 e. The summed E-state index contributed by atoms with van der Waals surface area (Å²) in [5.74, 6) is 0. The first-order valence-corrected chi connectivity index (χ1v) is 21.5. The molecule has 0 spiro atoms. The van der Waals surface area contributed by atoms with Gasteiger partial charge in [0.15, 0.2) is 0 Å². The van der Waals surface area contributed by atoms with Crippen LogP contribution in [0.1, 0.15) is 49.9 Å². The zero-order valence-corrected chi connectivity index (χ0v) is 35.2. The topological polar surface area (TPSA) is 3.24 Å². The van der Waals surface area contributed by atoms with Crippen LogP contribution in [0.4, 0.5) is 17.1 Å². The van der Waals surface area contributed by atoms with E-state index in [1.54, 1.807) is 0 Å². The standard InChI is InChI=1S/C60H47N/c1-59(2)55-37-30-46(38-53(55)58-50(19-13-21-56(58)59)45-16-9-6-10-17-45)44-24-22-41(23-25-44)43-28-33-48(34-29-43)61(47-31-26-42(27-32-47)40-14-7-5-8-15-40)49-35-36-52-51-18-11-12-20-54(51)60(3,4)57(52)39-49/h5-39H,1-4H3. The summed E-state index contributed by atoms with van der Waals surface area (Å²) >= 11 is 0. The maximum absolute atomic E-state index is 2.42. The van der Waals surface area contributed by atoms with Crippen LogP contribution in [0, 0.1) is 0 Å². The summed E-state index contributed by atoms with van der Waals surface area (Å²) in [4.78, 5) is 2.40. The van der Waals surface area contributed by atoms with Crippen molar-refractivity contribution >= 4 is 17.1 Å². The molecule has 0 N–H and O–H groups in total. The highest BCUT2D eigenvalue weighted by molar-refractivity contribution is 5.94. The molecule has 0 aromatic heterocycles. The minimum atomic E-state index is -0.0905. The highest BCUT2D eigenvalue weighted by Crippen LogP contribution is 2.53. The first-order valence-electron chi connectivity index (χ1n) is 21.5. The van der Waals surface area contributed by atoms with E-state index in [-0.39, 0.29) is 10.8 Å². The fourth-order valence-electron chi connectivity index (χ4n) is 10.2. The van der Waals surface area contributed by atoms with Crippen LogP contribution in [0.25, 0.3) is 66.8 Å². The van der Waals surface area contributed by atoms with E-state index < -0.39 is 0 Å². The van der Waals surface area contributed by atoms with Crippen LogP contribution < -0.4 is 4.90 Å². The molecule has 2 aliphatic rings. The number of anilines is 3. The van der Waals surface area contributed by atoms with E-state index in [0.717, 1.165) is 17.1 Å². The summed E-state index contributed by atoms with van der Waals surface area (Å²) in [5, 5.41) is 0. The van der Waals surface area contributed by atoms with Gasteiger partial charge in [-0.3, -0.25) is 0 Å². The molecular weight excluding hydrogens is 735 g/mol. The van der Waals surface area contributed by atoms with Crippen molar-refractivity contribution < 1.29 is 0 Å². The third-order valence-corrected chi connectivity index (χ3v) is 13.5. The lowest BCUT2D eigenvalue weighted by atomic mass is 9.81. The van der Waals surface area contributed by atoms with Crippen molar-refractivity contribution in [2.75, 3.05) is 4.90 Å². The second-order valence-electron chi connectivity index (χ2n) is 17.8. The third kappa shape index (κ3) is 6.07. The first-order chi connectivity index (χ1) is 29.8. The van der Waals surface area contributed by atoms with Crippen LogP contribution in [-0.4, -0.2) is 0 Å². The Hall–Kier alpha value is -7.22. The molecule has 0 heterocycles. The Kier molecular flexibility index (Phi) is 8.58. The van der Waals surface area contributed by atoms with Crippen molar-refractivity contribution in [2.24, 2.45) is 0 Å². The molecule has 0 bridgehead atoms. The predicted molar refractivity (Wildman–Crippen MR) is 258 cm³/mol. The Balaban J connectivity index is 0.927. The van der Waals surface area contributed by atoms with E-state index >= 15 is 0 Å². The Morgan fingerprint density at radius 2 is 0.689 bits per heavy atom. The van der Waals surface area contributed by atoms with Gasteiger partial charge in [0.2, 0.25) is 0 Å². The van der Waals surface area contributed by atoms with Gasteiger partial charge in [0, 0.05) is 27.9 Å². The van der Waals surface area contributed by atoms with Crippen LogP contribution in [0.3, 0.4) is 0 Å². The van der Waals surface area contributed by atoms with Crippen LogP contribution in [0.15, 0.2) is 212 Å². The van der Waals surface area contributed by atoms with Crippen molar-refractivity contribution in [1.82, 2.24) is 0 Å². The highest BCUT2D eigenvalue weighted by atomic mass is 15.1. The molecule has 11 rings (SSSR count). The molecule has 1 nitrogen and oxygen atoms in total. The van der Waals surface area contributed by atoms with Gasteiger partial charge in [-0.25, -0.2) is 0 Å². The van der Waals surface area contributed by atoms with Gasteiger partial charge in [-0.15, -0.1) is 0 Å². The molecule has 0 fully saturated rings. The molecule has 61 heavy (non-hydrogen) atoms. The molecule has 292 valence electrons. The summed E-state index contributed by atoms with van der Waals surface area (Å²) in [5.41, 5.74) is 24.0. The Bertz CT molecular complexity index is 3080. The number of rotatable bonds is 7. The van der Waals surface area contributed by atoms with E-state index in [1.165, 1.54) is 89.0 Å². The van der Waals surface area contributed by atoms with Gasteiger partial charge in [-0.2, -0.15) is 0 Å². The fraction of sp³-hybridized carbons (Fsp3) is 0.100. The van der Waals surface area contributed by atoms with Gasteiger partial charge < -0.3 is 4.90 Å². The van der Waals surface area contributed by atoms with Gasteiger partial charge >= 0.3 is 0 Å². The summed E-state index contributed by atoms with van der Waals surface area (Å²) in [7, 11) is 0. The molecule has 0 unspecified atom stereocenters. The second kappa shape index (κ2) is 14.2. The number of nitrogens with zero attached hydrogens (tertiary/aromatic N) is 1. The van der Waals surface area contributed by atoms with E-state index in [9.17, 15) is 0 Å². The van der Waals surface area contributed by atoms with Gasteiger partial charge in [-0.05, 0) is 131 Å². The van der Waals surface area contributed by atoms with Gasteiger partial charge in [0.05, 0.1) is 0 Å². The second-order valence-corrected chi connectivity index (χ2v) is 17.8.